The first kappa shape index (κ1) is 19.1. The van der Waals surface area contributed by atoms with Crippen molar-refractivity contribution in [3.05, 3.63) is 88.2 Å². The Bertz CT molecular complexity index is 1040. The molecule has 3 rings (SSSR count). The van der Waals surface area contributed by atoms with Crippen LogP contribution in [-0.2, 0) is 6.54 Å². The van der Waals surface area contributed by atoms with E-state index in [-0.39, 0.29) is 12.1 Å². The molecule has 0 saturated carbocycles. The van der Waals surface area contributed by atoms with E-state index < -0.39 is 11.5 Å². The Balaban J connectivity index is 1.98. The summed E-state index contributed by atoms with van der Waals surface area (Å²) >= 11 is 0. The molecule has 0 saturated heterocycles. The van der Waals surface area contributed by atoms with Gasteiger partial charge in [-0.1, -0.05) is 42.5 Å². The fourth-order valence-electron chi connectivity index (χ4n) is 2.72. The topological polar surface area (TPSA) is 73.2 Å². The highest BCUT2D eigenvalue weighted by molar-refractivity contribution is 5.94. The third-order valence-corrected chi connectivity index (χ3v) is 4.22. The average Bonchev–Trinajstić information content (AvgIpc) is 2.75. The van der Waals surface area contributed by atoms with Crippen molar-refractivity contribution in [2.45, 2.75) is 6.54 Å². The lowest BCUT2D eigenvalue weighted by Crippen LogP contribution is -2.32. The van der Waals surface area contributed by atoms with Crippen LogP contribution in [0.4, 0.5) is 0 Å². The van der Waals surface area contributed by atoms with E-state index >= 15 is 0 Å². The van der Waals surface area contributed by atoms with Gasteiger partial charge < -0.3 is 10.1 Å². The fourth-order valence-corrected chi connectivity index (χ4v) is 2.72. The van der Waals surface area contributed by atoms with E-state index in [2.05, 4.69) is 10.4 Å². The lowest BCUT2D eigenvalue weighted by Gasteiger charge is -2.09. The summed E-state index contributed by atoms with van der Waals surface area (Å²) in [5.74, 6) is 0.275. The molecule has 0 aliphatic rings. The highest BCUT2D eigenvalue weighted by atomic mass is 16.5. The number of nitrogens with zero attached hydrogens (tertiary/aromatic N) is 2. The number of allylic oxidation sites excluding steroid dienone is 1. The van der Waals surface area contributed by atoms with Crippen LogP contribution in [0.2, 0.25) is 0 Å². The van der Waals surface area contributed by atoms with Crippen molar-refractivity contribution >= 4 is 12.0 Å². The molecule has 6 heteroatoms. The second-order valence-corrected chi connectivity index (χ2v) is 6.05. The maximum absolute atomic E-state index is 12.7. The quantitative estimate of drug-likeness (QED) is 0.719. The molecule has 0 fully saturated rings. The van der Waals surface area contributed by atoms with E-state index in [9.17, 15) is 9.59 Å². The van der Waals surface area contributed by atoms with Crippen molar-refractivity contribution < 1.29 is 9.53 Å². The van der Waals surface area contributed by atoms with E-state index in [4.69, 9.17) is 4.74 Å². The molecule has 3 aromatic rings. The van der Waals surface area contributed by atoms with Gasteiger partial charge in [0.15, 0.2) is 0 Å². The van der Waals surface area contributed by atoms with Gasteiger partial charge in [0.05, 0.1) is 19.3 Å². The van der Waals surface area contributed by atoms with E-state index in [1.807, 2.05) is 54.6 Å². The molecular formula is C22H21N3O3. The molecule has 0 atom stereocenters. The summed E-state index contributed by atoms with van der Waals surface area (Å²) in [5.41, 5.74) is 1.96. The molecule has 0 bridgehead atoms. The number of nitrogens with one attached hydrogen (secondary N) is 1. The van der Waals surface area contributed by atoms with E-state index in [1.54, 1.807) is 19.2 Å². The Labute approximate surface area is 163 Å². The minimum Gasteiger partial charge on any atom is -0.497 e. The molecule has 0 unspecified atom stereocenters. The Morgan fingerprint density at radius 2 is 1.86 bits per heavy atom. The number of amides is 1. The summed E-state index contributed by atoms with van der Waals surface area (Å²) in [7, 11) is 3.09. The van der Waals surface area contributed by atoms with Crippen LogP contribution in [-0.4, -0.2) is 29.8 Å². The maximum atomic E-state index is 12.7. The number of hydrogen-bond acceptors (Lipinski definition) is 4. The third-order valence-electron chi connectivity index (χ3n) is 4.22. The van der Waals surface area contributed by atoms with E-state index in [0.29, 0.717) is 5.69 Å². The van der Waals surface area contributed by atoms with Crippen molar-refractivity contribution in [3.8, 4) is 17.0 Å². The highest BCUT2D eigenvalue weighted by Gasteiger charge is 2.15. The van der Waals surface area contributed by atoms with Gasteiger partial charge in [-0.2, -0.15) is 5.10 Å². The number of methoxy groups -OCH3 is 1. The minimum atomic E-state index is -0.442. The molecular weight excluding hydrogens is 354 g/mol. The van der Waals surface area contributed by atoms with Gasteiger partial charge in [-0.15, -0.1) is 0 Å². The number of rotatable bonds is 6. The molecule has 1 heterocycles. The van der Waals surface area contributed by atoms with Gasteiger partial charge in [-0.25, -0.2) is 4.68 Å². The molecule has 0 aliphatic heterocycles. The van der Waals surface area contributed by atoms with Crippen molar-refractivity contribution in [2.75, 3.05) is 14.2 Å². The molecule has 2 aromatic carbocycles. The second kappa shape index (κ2) is 8.81. The first-order chi connectivity index (χ1) is 13.6. The first-order valence-electron chi connectivity index (χ1n) is 8.82. The first-order valence-corrected chi connectivity index (χ1v) is 8.82. The monoisotopic (exact) mass is 375 g/mol. The number of benzene rings is 2. The number of carbonyl (C=O) groups excluding carboxylic acids is 1. The van der Waals surface area contributed by atoms with Gasteiger partial charge >= 0.3 is 0 Å². The van der Waals surface area contributed by atoms with Gasteiger partial charge in [-0.05, 0) is 35.9 Å². The molecule has 0 spiro atoms. The largest absolute Gasteiger partial charge is 0.497 e. The van der Waals surface area contributed by atoms with Crippen LogP contribution in [0, 0.1) is 0 Å². The van der Waals surface area contributed by atoms with Crippen LogP contribution < -0.4 is 15.6 Å². The predicted molar refractivity (Wildman–Crippen MR) is 109 cm³/mol. The SMILES string of the molecule is CNC(=O)c1cc(-c2ccc(OC)cc2)nn(C/C=C/c2ccccc2)c1=O. The summed E-state index contributed by atoms with van der Waals surface area (Å²) in [4.78, 5) is 24.9. The van der Waals surface area contributed by atoms with Gasteiger partial charge in [0, 0.05) is 12.6 Å². The van der Waals surface area contributed by atoms with Gasteiger partial charge in [0.2, 0.25) is 0 Å². The lowest BCUT2D eigenvalue weighted by molar-refractivity contribution is 0.0960. The Kier molecular flexibility index (Phi) is 6.01. The zero-order chi connectivity index (χ0) is 19.9. The van der Waals surface area contributed by atoms with Gasteiger partial charge in [0.25, 0.3) is 11.5 Å². The summed E-state index contributed by atoms with van der Waals surface area (Å²) in [5, 5.41) is 6.95. The highest BCUT2D eigenvalue weighted by Crippen LogP contribution is 2.20. The molecule has 142 valence electrons. The average molecular weight is 375 g/mol. The third kappa shape index (κ3) is 4.35. The van der Waals surface area contributed by atoms with Crippen molar-refractivity contribution in [3.63, 3.8) is 0 Å². The second-order valence-electron chi connectivity index (χ2n) is 6.05. The Hall–Kier alpha value is -3.67. The van der Waals surface area contributed by atoms with Crippen LogP contribution in [0.25, 0.3) is 17.3 Å². The summed E-state index contributed by atoms with van der Waals surface area (Å²) < 4.78 is 6.47. The summed E-state index contributed by atoms with van der Waals surface area (Å²) in [6.07, 6.45) is 3.75. The molecule has 6 nitrogen and oxygen atoms in total. The zero-order valence-corrected chi connectivity index (χ0v) is 15.8. The normalized spacial score (nSPS) is 10.8. The van der Waals surface area contributed by atoms with E-state index in [0.717, 1.165) is 16.9 Å². The Morgan fingerprint density at radius 1 is 1.14 bits per heavy atom. The Morgan fingerprint density at radius 3 is 2.50 bits per heavy atom. The molecule has 1 amide bonds. The van der Waals surface area contributed by atoms with Crippen molar-refractivity contribution in [1.29, 1.82) is 0 Å². The van der Waals surface area contributed by atoms with Crippen molar-refractivity contribution in [1.82, 2.24) is 15.1 Å². The molecule has 1 N–H and O–H groups in total. The zero-order valence-electron chi connectivity index (χ0n) is 15.8. The predicted octanol–water partition coefficient (Wildman–Crippen LogP) is 2.99. The standard InChI is InChI=1S/C22H21N3O3/c1-23-21(26)19-15-20(17-10-12-18(28-2)13-11-17)24-25(22(19)27)14-6-9-16-7-4-3-5-8-16/h3-13,15H,14H2,1-2H3,(H,23,26)/b9-6+. The summed E-state index contributed by atoms with van der Waals surface area (Å²) in [6.45, 7) is 0.252. The number of aromatic nitrogens is 2. The maximum Gasteiger partial charge on any atom is 0.279 e. The molecule has 0 aliphatic carbocycles. The summed E-state index contributed by atoms with van der Waals surface area (Å²) in [6, 6.07) is 18.6. The number of ether oxygens (including phenoxy) is 1. The van der Waals surface area contributed by atoms with Crippen LogP contribution in [0.5, 0.6) is 5.75 Å². The molecule has 0 radical (unpaired) electrons. The molecule has 1 aromatic heterocycles. The van der Waals surface area contributed by atoms with Crippen LogP contribution in [0.3, 0.4) is 0 Å². The van der Waals surface area contributed by atoms with Gasteiger partial charge in [-0.3, -0.25) is 9.59 Å². The fraction of sp³-hybridized carbons (Fsp3) is 0.136. The van der Waals surface area contributed by atoms with Crippen LogP contribution in [0.15, 0.2) is 71.5 Å². The number of hydrogen-bond donors (Lipinski definition) is 1. The van der Waals surface area contributed by atoms with Crippen LogP contribution in [0.1, 0.15) is 15.9 Å². The molecule has 28 heavy (non-hydrogen) atoms. The van der Waals surface area contributed by atoms with Crippen LogP contribution >= 0.6 is 0 Å². The van der Waals surface area contributed by atoms with E-state index in [1.165, 1.54) is 17.8 Å². The lowest BCUT2D eigenvalue weighted by atomic mass is 10.1. The minimum absolute atomic E-state index is 0.0522. The smallest absolute Gasteiger partial charge is 0.279 e. The van der Waals surface area contributed by atoms with Gasteiger partial charge in [0.1, 0.15) is 11.3 Å². The van der Waals surface area contributed by atoms with Crippen molar-refractivity contribution in [2.24, 2.45) is 0 Å². The number of carbonyl (C=O) groups is 1.